The number of nitrogens with one attached hydrogen (secondary N) is 1. The summed E-state index contributed by atoms with van der Waals surface area (Å²) in [5.74, 6) is 0.316. The first-order valence-corrected chi connectivity index (χ1v) is 8.09. The molecule has 0 spiro atoms. The fraction of sp³-hybridized carbons (Fsp3) is 0.294. The molecule has 0 aliphatic rings. The van der Waals surface area contributed by atoms with Crippen molar-refractivity contribution >= 4 is 11.6 Å². The van der Waals surface area contributed by atoms with Crippen LogP contribution in [0.3, 0.4) is 0 Å². The fourth-order valence-corrected chi connectivity index (χ4v) is 2.55. The van der Waals surface area contributed by atoms with E-state index in [0.29, 0.717) is 17.3 Å². The van der Waals surface area contributed by atoms with Gasteiger partial charge in [0, 0.05) is 24.4 Å². The van der Waals surface area contributed by atoms with Gasteiger partial charge in [0.1, 0.15) is 5.75 Å². The van der Waals surface area contributed by atoms with Crippen molar-refractivity contribution in [2.24, 2.45) is 0 Å². The molecule has 0 bridgehead atoms. The van der Waals surface area contributed by atoms with Gasteiger partial charge in [0.2, 0.25) is 6.36 Å². The number of H-pyrrole nitrogens is 1. The Kier molecular flexibility index (Phi) is 4.85. The topological polar surface area (TPSA) is 55.7 Å². The van der Waals surface area contributed by atoms with E-state index in [-0.39, 0.29) is 0 Å². The smallest absolute Gasteiger partial charge is 0.235 e. The molecule has 0 saturated carbocycles. The van der Waals surface area contributed by atoms with Gasteiger partial charge in [0.15, 0.2) is 0 Å². The fourth-order valence-electron chi connectivity index (χ4n) is 2.38. The van der Waals surface area contributed by atoms with Crippen molar-refractivity contribution < 1.29 is 9.13 Å². The molecular formula is C17H18ClFN4O. The van der Waals surface area contributed by atoms with Gasteiger partial charge in [-0.2, -0.15) is 10.2 Å². The normalized spacial score (nSPS) is 12.3. The van der Waals surface area contributed by atoms with Crippen LogP contribution in [0.1, 0.15) is 25.2 Å². The van der Waals surface area contributed by atoms with E-state index in [9.17, 15) is 4.39 Å². The zero-order valence-corrected chi connectivity index (χ0v) is 14.2. The van der Waals surface area contributed by atoms with E-state index in [1.54, 1.807) is 23.0 Å². The number of halogens is 2. The molecule has 1 atom stereocenters. The molecule has 0 fully saturated rings. The molecule has 1 aromatic carbocycles. The van der Waals surface area contributed by atoms with Crippen LogP contribution in [0.2, 0.25) is 5.02 Å². The third-order valence-corrected chi connectivity index (χ3v) is 3.89. The van der Waals surface area contributed by atoms with Gasteiger partial charge >= 0.3 is 0 Å². The zero-order chi connectivity index (χ0) is 17.1. The molecule has 3 aromatic rings. The molecule has 0 saturated heterocycles. The molecule has 7 heteroatoms. The molecule has 5 nitrogen and oxygen atoms in total. The average molecular weight is 349 g/mol. The Morgan fingerprint density at radius 3 is 2.88 bits per heavy atom. The van der Waals surface area contributed by atoms with E-state index in [2.05, 4.69) is 22.2 Å². The Hall–Kier alpha value is -2.34. The summed E-state index contributed by atoms with van der Waals surface area (Å²) >= 11 is 6.03. The van der Waals surface area contributed by atoms with Gasteiger partial charge in [-0.25, -0.2) is 4.39 Å². The number of rotatable bonds is 6. The second-order valence-corrected chi connectivity index (χ2v) is 5.88. The number of hydrogen-bond acceptors (Lipinski definition) is 3. The van der Waals surface area contributed by atoms with Crippen molar-refractivity contribution in [1.29, 1.82) is 0 Å². The van der Waals surface area contributed by atoms with Gasteiger partial charge in [0.25, 0.3) is 0 Å². The average Bonchev–Trinajstić information content (AvgIpc) is 3.19. The Labute approximate surface area is 144 Å². The Morgan fingerprint density at radius 1 is 1.33 bits per heavy atom. The molecule has 1 unspecified atom stereocenters. The maximum absolute atomic E-state index is 13.1. The van der Waals surface area contributed by atoms with Crippen molar-refractivity contribution in [3.05, 3.63) is 53.1 Å². The van der Waals surface area contributed by atoms with Crippen LogP contribution in [-0.4, -0.2) is 26.3 Å². The van der Waals surface area contributed by atoms with Crippen molar-refractivity contribution in [1.82, 2.24) is 20.0 Å². The monoisotopic (exact) mass is 348 g/mol. The predicted molar refractivity (Wildman–Crippen MR) is 90.9 cm³/mol. The first kappa shape index (κ1) is 16.5. The summed E-state index contributed by atoms with van der Waals surface area (Å²) < 4.78 is 20.0. The first-order valence-electron chi connectivity index (χ1n) is 7.71. The summed E-state index contributed by atoms with van der Waals surface area (Å²) in [5.41, 5.74) is 3.77. The predicted octanol–water partition coefficient (Wildman–Crippen LogP) is 4.23. The van der Waals surface area contributed by atoms with Crippen molar-refractivity contribution in [3.63, 3.8) is 0 Å². The highest BCUT2D eigenvalue weighted by molar-refractivity contribution is 6.32. The van der Waals surface area contributed by atoms with E-state index in [1.165, 1.54) is 6.92 Å². The van der Waals surface area contributed by atoms with Gasteiger partial charge in [-0.05, 0) is 30.2 Å². The largest absolute Gasteiger partial charge is 0.459 e. The van der Waals surface area contributed by atoms with E-state index in [0.717, 1.165) is 28.9 Å². The lowest BCUT2D eigenvalue weighted by molar-refractivity contribution is 0.0862. The summed E-state index contributed by atoms with van der Waals surface area (Å²) in [6.45, 7) is 3.96. The minimum atomic E-state index is -1.42. The number of nitrogens with zero attached hydrogens (tertiary/aromatic N) is 3. The summed E-state index contributed by atoms with van der Waals surface area (Å²) in [6.07, 6.45) is 3.15. The third-order valence-electron chi connectivity index (χ3n) is 3.58. The van der Waals surface area contributed by atoms with Crippen LogP contribution in [0.25, 0.3) is 11.1 Å². The highest BCUT2D eigenvalue weighted by Crippen LogP contribution is 2.31. The van der Waals surface area contributed by atoms with Crippen LogP contribution in [0, 0.1) is 0 Å². The number of alkyl halides is 1. The van der Waals surface area contributed by atoms with Gasteiger partial charge in [-0.1, -0.05) is 24.6 Å². The Balaban J connectivity index is 1.79. The molecule has 0 aliphatic heterocycles. The Morgan fingerprint density at radius 2 is 2.17 bits per heavy atom. The molecule has 0 amide bonds. The number of aromatic amines is 1. The maximum atomic E-state index is 13.1. The van der Waals surface area contributed by atoms with Gasteiger partial charge in [-0.15, -0.1) is 0 Å². The SMILES string of the molecule is CCc1cc(Cn2cc(-c3ccc(Cl)c(OC(C)F)c3)cn2)n[nH]1. The van der Waals surface area contributed by atoms with E-state index < -0.39 is 6.36 Å². The molecule has 126 valence electrons. The van der Waals surface area contributed by atoms with Gasteiger partial charge < -0.3 is 4.74 Å². The Bertz CT molecular complexity index is 828. The standard InChI is InChI=1S/C17H18ClFN4O/c1-3-14-7-15(22-21-14)10-23-9-13(8-20-23)12-4-5-16(18)17(6-12)24-11(2)19/h4-9,11H,3,10H2,1-2H3,(H,21,22). The van der Waals surface area contributed by atoms with Crippen LogP contribution >= 0.6 is 11.6 Å². The third kappa shape index (κ3) is 3.76. The highest BCUT2D eigenvalue weighted by Gasteiger charge is 2.10. The molecule has 0 aliphatic carbocycles. The van der Waals surface area contributed by atoms with Crippen molar-refractivity contribution in [2.75, 3.05) is 0 Å². The van der Waals surface area contributed by atoms with E-state index >= 15 is 0 Å². The van der Waals surface area contributed by atoms with Crippen molar-refractivity contribution in [2.45, 2.75) is 33.2 Å². The van der Waals surface area contributed by atoms with Crippen LogP contribution in [-0.2, 0) is 13.0 Å². The molecule has 2 aromatic heterocycles. The lowest BCUT2D eigenvalue weighted by atomic mass is 10.1. The molecule has 2 heterocycles. The summed E-state index contributed by atoms with van der Waals surface area (Å²) in [6, 6.07) is 7.28. The van der Waals surface area contributed by atoms with Gasteiger partial charge in [-0.3, -0.25) is 9.78 Å². The number of hydrogen-bond donors (Lipinski definition) is 1. The number of aryl methyl sites for hydroxylation is 1. The number of benzene rings is 1. The van der Waals surface area contributed by atoms with Crippen LogP contribution < -0.4 is 4.74 Å². The van der Waals surface area contributed by atoms with Crippen LogP contribution in [0.15, 0.2) is 36.7 Å². The zero-order valence-electron chi connectivity index (χ0n) is 13.5. The number of ether oxygens (including phenoxy) is 1. The van der Waals surface area contributed by atoms with E-state index in [4.69, 9.17) is 16.3 Å². The lowest BCUT2D eigenvalue weighted by Crippen LogP contribution is -2.04. The molecular weight excluding hydrogens is 331 g/mol. The summed E-state index contributed by atoms with van der Waals surface area (Å²) in [7, 11) is 0. The van der Waals surface area contributed by atoms with Gasteiger partial charge in [0.05, 0.1) is 23.5 Å². The molecule has 3 rings (SSSR count). The first-order chi connectivity index (χ1) is 11.5. The molecule has 24 heavy (non-hydrogen) atoms. The summed E-state index contributed by atoms with van der Waals surface area (Å²) in [5, 5.41) is 12.0. The second kappa shape index (κ2) is 7.05. The quantitative estimate of drug-likeness (QED) is 0.725. The highest BCUT2D eigenvalue weighted by atomic mass is 35.5. The second-order valence-electron chi connectivity index (χ2n) is 5.47. The lowest BCUT2D eigenvalue weighted by Gasteiger charge is -2.10. The minimum Gasteiger partial charge on any atom is -0.459 e. The minimum absolute atomic E-state index is 0.316. The van der Waals surface area contributed by atoms with Crippen LogP contribution in [0.4, 0.5) is 4.39 Å². The molecule has 0 radical (unpaired) electrons. The maximum Gasteiger partial charge on any atom is 0.235 e. The van der Waals surface area contributed by atoms with E-state index in [1.807, 2.05) is 18.3 Å². The van der Waals surface area contributed by atoms with Crippen molar-refractivity contribution in [3.8, 4) is 16.9 Å². The molecule has 1 N–H and O–H groups in total. The van der Waals surface area contributed by atoms with Crippen LogP contribution in [0.5, 0.6) is 5.75 Å². The summed E-state index contributed by atoms with van der Waals surface area (Å²) in [4.78, 5) is 0. The number of aromatic nitrogens is 4.